The minimum absolute atomic E-state index is 0.140. The van der Waals surface area contributed by atoms with Crippen LogP contribution in [0.1, 0.15) is 34.3 Å². The van der Waals surface area contributed by atoms with Crippen molar-refractivity contribution in [2.45, 2.75) is 13.3 Å². The monoisotopic (exact) mass is 290 g/mol. The smallest absolute Gasteiger partial charge is 0.363 e. The molecule has 0 bridgehead atoms. The van der Waals surface area contributed by atoms with Gasteiger partial charge in [0.15, 0.2) is 5.78 Å². The van der Waals surface area contributed by atoms with Gasteiger partial charge in [-0.25, -0.2) is 9.48 Å². The number of ketones is 1. The molecule has 1 N–H and O–H groups in total. The highest BCUT2D eigenvalue weighted by atomic mass is 16.6. The molecule has 108 valence electrons. The zero-order chi connectivity index (χ0) is 15.6. The number of rotatable bonds is 5. The fourth-order valence-corrected chi connectivity index (χ4v) is 1.65. The highest BCUT2D eigenvalue weighted by molar-refractivity contribution is 5.94. The highest BCUT2D eigenvalue weighted by Crippen LogP contribution is 2.19. The van der Waals surface area contributed by atoms with Crippen molar-refractivity contribution in [3.63, 3.8) is 0 Å². The highest BCUT2D eigenvalue weighted by Gasteiger charge is 2.25. The summed E-state index contributed by atoms with van der Waals surface area (Å²) in [5, 5.41) is 23.3. The lowest BCUT2D eigenvalue weighted by atomic mass is 10.2. The van der Waals surface area contributed by atoms with Gasteiger partial charge in [0.25, 0.3) is 0 Å². The lowest BCUT2D eigenvalue weighted by Gasteiger charge is -2.01. The van der Waals surface area contributed by atoms with E-state index in [1.165, 1.54) is 18.3 Å². The quantitative estimate of drug-likeness (QED) is 0.501. The van der Waals surface area contributed by atoms with Gasteiger partial charge in [-0.1, -0.05) is 6.92 Å². The van der Waals surface area contributed by atoms with Crippen LogP contribution >= 0.6 is 0 Å². The number of pyridine rings is 1. The van der Waals surface area contributed by atoms with Crippen LogP contribution in [0.3, 0.4) is 0 Å². The van der Waals surface area contributed by atoms with E-state index in [4.69, 9.17) is 5.11 Å². The summed E-state index contributed by atoms with van der Waals surface area (Å²) in [6.45, 7) is 1.70. The van der Waals surface area contributed by atoms with Crippen LogP contribution < -0.4 is 0 Å². The van der Waals surface area contributed by atoms with Crippen molar-refractivity contribution in [3.05, 3.63) is 46.0 Å². The Labute approximate surface area is 118 Å². The van der Waals surface area contributed by atoms with Crippen molar-refractivity contribution < 1.29 is 19.6 Å². The molecule has 2 heterocycles. The number of carbonyl (C=O) groups excluding carboxylic acids is 1. The van der Waals surface area contributed by atoms with Crippen molar-refractivity contribution >= 4 is 17.4 Å². The number of nitrogens with zero attached hydrogens (tertiary/aromatic N) is 4. The van der Waals surface area contributed by atoms with Gasteiger partial charge in [-0.3, -0.25) is 19.9 Å². The van der Waals surface area contributed by atoms with Gasteiger partial charge >= 0.3 is 11.7 Å². The number of hydrogen-bond acceptors (Lipinski definition) is 6. The van der Waals surface area contributed by atoms with Crippen molar-refractivity contribution in [2.24, 2.45) is 0 Å². The van der Waals surface area contributed by atoms with Gasteiger partial charge < -0.3 is 5.11 Å². The van der Waals surface area contributed by atoms with Crippen LogP contribution in [0.25, 0.3) is 5.69 Å². The minimum atomic E-state index is -1.49. The fourth-order valence-electron chi connectivity index (χ4n) is 1.65. The van der Waals surface area contributed by atoms with Crippen LogP contribution in [-0.2, 0) is 0 Å². The average Bonchev–Trinajstić information content (AvgIpc) is 2.92. The molecule has 0 saturated carbocycles. The third-order valence-electron chi connectivity index (χ3n) is 2.71. The lowest BCUT2D eigenvalue weighted by Crippen LogP contribution is -2.04. The fraction of sp³-hybridized carbons (Fsp3) is 0.167. The second kappa shape index (κ2) is 5.49. The zero-order valence-corrected chi connectivity index (χ0v) is 10.9. The molecule has 0 aliphatic rings. The maximum Gasteiger partial charge on any atom is 0.363 e. The largest absolute Gasteiger partial charge is 0.476 e. The number of nitro groups is 1. The predicted molar refractivity (Wildman–Crippen MR) is 69.6 cm³/mol. The Balaban J connectivity index is 2.43. The summed E-state index contributed by atoms with van der Waals surface area (Å²) >= 11 is 0. The summed E-state index contributed by atoms with van der Waals surface area (Å²) in [5.74, 6) is -1.63. The van der Waals surface area contributed by atoms with E-state index in [0.29, 0.717) is 12.1 Å². The lowest BCUT2D eigenvalue weighted by molar-refractivity contribution is -0.385. The predicted octanol–water partition coefficient (Wildman–Crippen LogP) is 1.47. The SMILES string of the molecule is CCC(=O)c1ccc(-n2cc([N+](=O)[O-])c(C(=O)O)n2)cn1. The number of aromatic carboxylic acids is 1. The molecule has 0 aromatic carbocycles. The molecule has 9 heteroatoms. The van der Waals surface area contributed by atoms with Gasteiger partial charge in [0.05, 0.1) is 16.8 Å². The van der Waals surface area contributed by atoms with Gasteiger partial charge in [0, 0.05) is 6.42 Å². The van der Waals surface area contributed by atoms with Crippen LogP contribution in [0.4, 0.5) is 5.69 Å². The maximum absolute atomic E-state index is 11.4. The van der Waals surface area contributed by atoms with Crippen molar-refractivity contribution in [1.29, 1.82) is 0 Å². The van der Waals surface area contributed by atoms with Crippen LogP contribution in [-0.4, -0.2) is 36.5 Å². The summed E-state index contributed by atoms with van der Waals surface area (Å²) in [6, 6.07) is 2.94. The molecule has 0 unspecified atom stereocenters. The Bertz CT molecular complexity index is 688. The molecule has 21 heavy (non-hydrogen) atoms. The molecular weight excluding hydrogens is 280 g/mol. The van der Waals surface area contributed by atoms with E-state index in [1.54, 1.807) is 6.92 Å². The first-order valence-electron chi connectivity index (χ1n) is 5.91. The Morgan fingerprint density at radius 2 is 2.14 bits per heavy atom. The average molecular weight is 290 g/mol. The van der Waals surface area contributed by atoms with Crippen LogP contribution in [0.15, 0.2) is 24.5 Å². The third kappa shape index (κ3) is 2.76. The zero-order valence-electron chi connectivity index (χ0n) is 10.9. The van der Waals surface area contributed by atoms with E-state index < -0.39 is 22.3 Å². The van der Waals surface area contributed by atoms with Crippen molar-refractivity contribution in [1.82, 2.24) is 14.8 Å². The Morgan fingerprint density at radius 3 is 2.57 bits per heavy atom. The summed E-state index contributed by atoms with van der Waals surface area (Å²) in [7, 11) is 0. The van der Waals surface area contributed by atoms with Gasteiger partial charge in [-0.15, -0.1) is 0 Å². The van der Waals surface area contributed by atoms with Gasteiger partial charge in [0.2, 0.25) is 5.69 Å². The first kappa shape index (κ1) is 14.3. The van der Waals surface area contributed by atoms with E-state index in [1.807, 2.05) is 0 Å². The number of aromatic nitrogens is 3. The minimum Gasteiger partial charge on any atom is -0.476 e. The number of carboxylic acid groups (broad SMARTS) is 1. The van der Waals surface area contributed by atoms with E-state index in [2.05, 4.69) is 10.1 Å². The summed E-state index contributed by atoms with van der Waals surface area (Å²) < 4.78 is 1.04. The van der Waals surface area contributed by atoms with E-state index >= 15 is 0 Å². The molecular formula is C12H10N4O5. The Kier molecular flexibility index (Phi) is 3.74. The summed E-state index contributed by atoms with van der Waals surface area (Å²) in [5.41, 5.74) is -0.690. The molecule has 2 rings (SSSR count). The van der Waals surface area contributed by atoms with Crippen LogP contribution in [0, 0.1) is 10.1 Å². The summed E-state index contributed by atoms with van der Waals surface area (Å²) in [4.78, 5) is 36.2. The number of hydrogen-bond donors (Lipinski definition) is 1. The molecule has 0 amide bonds. The topological polar surface area (TPSA) is 128 Å². The second-order valence-corrected chi connectivity index (χ2v) is 4.05. The Hall–Kier alpha value is -3.10. The van der Waals surface area contributed by atoms with Crippen molar-refractivity contribution in [3.8, 4) is 5.69 Å². The summed E-state index contributed by atoms with van der Waals surface area (Å²) in [6.07, 6.45) is 2.59. The molecule has 2 aromatic rings. The molecule has 0 spiro atoms. The normalized spacial score (nSPS) is 10.3. The van der Waals surface area contributed by atoms with Crippen LogP contribution in [0.2, 0.25) is 0 Å². The van der Waals surface area contributed by atoms with Crippen LogP contribution in [0.5, 0.6) is 0 Å². The molecule has 0 aliphatic heterocycles. The number of carbonyl (C=O) groups is 2. The number of carboxylic acids is 1. The van der Waals surface area contributed by atoms with Gasteiger partial charge in [-0.2, -0.15) is 5.10 Å². The molecule has 0 fully saturated rings. The Morgan fingerprint density at radius 1 is 1.43 bits per heavy atom. The molecule has 2 aromatic heterocycles. The standard InChI is InChI=1S/C12H10N4O5/c1-2-10(17)8-4-3-7(5-13-8)15-6-9(16(20)21)11(14-15)12(18)19/h3-6H,2H2,1H3,(H,18,19). The van der Waals surface area contributed by atoms with Gasteiger partial charge in [0.1, 0.15) is 11.9 Å². The van der Waals surface area contributed by atoms with E-state index in [0.717, 1.165) is 10.9 Å². The second-order valence-electron chi connectivity index (χ2n) is 4.05. The molecule has 0 radical (unpaired) electrons. The first-order chi connectivity index (χ1) is 9.93. The molecule has 0 aliphatic carbocycles. The first-order valence-corrected chi connectivity index (χ1v) is 5.91. The molecule has 0 saturated heterocycles. The number of Topliss-reactive ketones (excluding diaryl/α,β-unsaturated/α-hetero) is 1. The molecule has 0 atom stereocenters. The third-order valence-corrected chi connectivity index (χ3v) is 2.71. The molecule has 9 nitrogen and oxygen atoms in total. The maximum atomic E-state index is 11.4. The van der Waals surface area contributed by atoms with Gasteiger partial charge in [-0.05, 0) is 12.1 Å². The van der Waals surface area contributed by atoms with Crippen molar-refractivity contribution in [2.75, 3.05) is 0 Å². The van der Waals surface area contributed by atoms with E-state index in [-0.39, 0.29) is 11.5 Å². The van der Waals surface area contributed by atoms with E-state index in [9.17, 15) is 19.7 Å².